The van der Waals surface area contributed by atoms with Gasteiger partial charge in [0.1, 0.15) is 5.82 Å². The maximum absolute atomic E-state index is 6.13. The van der Waals surface area contributed by atoms with E-state index in [2.05, 4.69) is 24.3 Å². The van der Waals surface area contributed by atoms with E-state index in [9.17, 15) is 0 Å². The molecule has 114 valence electrons. The lowest BCUT2D eigenvalue weighted by atomic mass is 9.81. The maximum atomic E-state index is 6.13. The van der Waals surface area contributed by atoms with Gasteiger partial charge in [-0.3, -0.25) is 0 Å². The molecule has 1 saturated carbocycles. The van der Waals surface area contributed by atoms with E-state index in [1.54, 1.807) is 0 Å². The molecule has 1 aromatic heterocycles. The second kappa shape index (κ2) is 7.00. The molecule has 0 amide bonds. The number of aromatic nitrogens is 2. The lowest BCUT2D eigenvalue weighted by Gasteiger charge is -2.26. The Morgan fingerprint density at radius 1 is 1.30 bits per heavy atom. The highest BCUT2D eigenvalue weighted by molar-refractivity contribution is 5.64. The van der Waals surface area contributed by atoms with Crippen LogP contribution >= 0.6 is 0 Å². The first-order chi connectivity index (χ1) is 9.61. The molecular formula is C16H30N4. The number of nitrogens with one attached hydrogen (secondary N) is 1. The molecule has 3 N–H and O–H groups in total. The summed E-state index contributed by atoms with van der Waals surface area (Å²) in [4.78, 5) is 0. The van der Waals surface area contributed by atoms with Gasteiger partial charge >= 0.3 is 0 Å². The molecular weight excluding hydrogens is 248 g/mol. The zero-order valence-electron chi connectivity index (χ0n) is 13.3. The molecule has 1 heterocycles. The Labute approximate surface area is 123 Å². The van der Waals surface area contributed by atoms with E-state index >= 15 is 0 Å². The molecule has 1 aliphatic carbocycles. The van der Waals surface area contributed by atoms with E-state index in [-0.39, 0.29) is 0 Å². The summed E-state index contributed by atoms with van der Waals surface area (Å²) in [5.74, 6) is 2.85. The van der Waals surface area contributed by atoms with E-state index in [1.807, 2.05) is 11.6 Å². The second-order valence-electron chi connectivity index (χ2n) is 6.41. The van der Waals surface area contributed by atoms with Gasteiger partial charge in [-0.15, -0.1) is 0 Å². The monoisotopic (exact) mass is 278 g/mol. The molecule has 0 atom stereocenters. The molecule has 20 heavy (non-hydrogen) atoms. The van der Waals surface area contributed by atoms with Crippen molar-refractivity contribution in [3.8, 4) is 0 Å². The van der Waals surface area contributed by atoms with Crippen molar-refractivity contribution in [1.82, 2.24) is 9.78 Å². The van der Waals surface area contributed by atoms with Crippen LogP contribution in [-0.2, 0) is 6.54 Å². The first kappa shape index (κ1) is 15.2. The van der Waals surface area contributed by atoms with Gasteiger partial charge in [0.25, 0.3) is 0 Å². The van der Waals surface area contributed by atoms with Crippen LogP contribution in [0, 0.1) is 18.8 Å². The highest BCUT2D eigenvalue weighted by Gasteiger charge is 2.18. The van der Waals surface area contributed by atoms with Crippen LogP contribution in [0.15, 0.2) is 0 Å². The van der Waals surface area contributed by atoms with Crippen LogP contribution in [0.5, 0.6) is 0 Å². The molecule has 0 aliphatic heterocycles. The quantitative estimate of drug-likeness (QED) is 0.832. The van der Waals surface area contributed by atoms with Crippen molar-refractivity contribution in [2.45, 2.75) is 65.8 Å². The lowest BCUT2D eigenvalue weighted by Crippen LogP contribution is -2.17. The molecule has 0 spiro atoms. The predicted molar refractivity (Wildman–Crippen MR) is 85.9 cm³/mol. The first-order valence-corrected chi connectivity index (χ1v) is 8.18. The van der Waals surface area contributed by atoms with Crippen LogP contribution in [0.1, 0.15) is 58.1 Å². The molecule has 2 rings (SSSR count). The summed E-state index contributed by atoms with van der Waals surface area (Å²) >= 11 is 0. The molecule has 0 aromatic carbocycles. The fourth-order valence-electron chi connectivity index (χ4n) is 3.17. The Kier molecular flexibility index (Phi) is 5.32. The third-order valence-electron chi connectivity index (χ3n) is 4.59. The molecule has 1 fully saturated rings. The maximum Gasteiger partial charge on any atom is 0.148 e. The van der Waals surface area contributed by atoms with Gasteiger partial charge in [0.15, 0.2) is 0 Å². The smallest absolute Gasteiger partial charge is 0.148 e. The number of nitrogens with zero attached hydrogens (tertiary/aromatic N) is 2. The van der Waals surface area contributed by atoms with Gasteiger partial charge in [0.2, 0.25) is 0 Å². The number of hydrogen-bond donors (Lipinski definition) is 2. The summed E-state index contributed by atoms with van der Waals surface area (Å²) < 4.78 is 2.02. The van der Waals surface area contributed by atoms with Gasteiger partial charge in [0.05, 0.1) is 11.4 Å². The van der Waals surface area contributed by atoms with Crippen molar-refractivity contribution in [3.63, 3.8) is 0 Å². The van der Waals surface area contributed by atoms with Crippen LogP contribution in [0.3, 0.4) is 0 Å². The molecule has 4 nitrogen and oxygen atoms in total. The largest absolute Gasteiger partial charge is 0.394 e. The van der Waals surface area contributed by atoms with Crippen LogP contribution in [0.2, 0.25) is 0 Å². The highest BCUT2D eigenvalue weighted by atomic mass is 15.3. The van der Waals surface area contributed by atoms with E-state index in [1.165, 1.54) is 32.1 Å². The third kappa shape index (κ3) is 3.68. The molecule has 0 bridgehead atoms. The molecule has 0 saturated heterocycles. The number of rotatable bonds is 6. The Hall–Kier alpha value is -1.19. The summed E-state index contributed by atoms with van der Waals surface area (Å²) in [6.07, 6.45) is 7.93. The fraction of sp³-hybridized carbons (Fsp3) is 0.812. The lowest BCUT2D eigenvalue weighted by molar-refractivity contribution is 0.281. The fourth-order valence-corrected chi connectivity index (χ4v) is 3.17. The minimum Gasteiger partial charge on any atom is -0.394 e. The number of aryl methyl sites for hydroxylation is 2. The Morgan fingerprint density at radius 2 is 2.00 bits per heavy atom. The molecule has 0 radical (unpaired) electrons. The zero-order chi connectivity index (χ0) is 14.5. The summed E-state index contributed by atoms with van der Waals surface area (Å²) in [6, 6.07) is 0. The number of anilines is 2. The Bertz CT molecular complexity index is 416. The summed E-state index contributed by atoms with van der Waals surface area (Å²) in [6.45, 7) is 8.47. The van der Waals surface area contributed by atoms with Crippen molar-refractivity contribution in [2.24, 2.45) is 11.8 Å². The summed E-state index contributed by atoms with van der Waals surface area (Å²) in [5, 5.41) is 8.03. The standard InChI is InChI=1S/C16H30N4/c1-4-11-20-16(15(17)13(3)19-20)18-10-9-14-7-5-12(2)6-8-14/h12,14,18H,4-11,17H2,1-3H3. The van der Waals surface area contributed by atoms with Gasteiger partial charge in [0, 0.05) is 13.1 Å². The Morgan fingerprint density at radius 3 is 2.65 bits per heavy atom. The van der Waals surface area contributed by atoms with Gasteiger partial charge in [-0.05, 0) is 31.6 Å². The average molecular weight is 278 g/mol. The van der Waals surface area contributed by atoms with Crippen molar-refractivity contribution in [3.05, 3.63) is 5.69 Å². The van der Waals surface area contributed by atoms with E-state index < -0.39 is 0 Å². The zero-order valence-corrected chi connectivity index (χ0v) is 13.3. The number of nitrogen functional groups attached to an aromatic ring is 1. The van der Waals surface area contributed by atoms with Crippen LogP contribution in [0.25, 0.3) is 0 Å². The number of hydrogen-bond acceptors (Lipinski definition) is 3. The van der Waals surface area contributed by atoms with E-state index in [4.69, 9.17) is 5.73 Å². The summed E-state index contributed by atoms with van der Waals surface area (Å²) in [7, 11) is 0. The number of nitrogens with two attached hydrogens (primary N) is 1. The van der Waals surface area contributed by atoms with E-state index in [0.29, 0.717) is 0 Å². The molecule has 1 aliphatic rings. The van der Waals surface area contributed by atoms with Gasteiger partial charge in [-0.25, -0.2) is 4.68 Å². The predicted octanol–water partition coefficient (Wildman–Crippen LogP) is 3.81. The first-order valence-electron chi connectivity index (χ1n) is 8.18. The van der Waals surface area contributed by atoms with Gasteiger partial charge in [-0.1, -0.05) is 39.5 Å². The van der Waals surface area contributed by atoms with Crippen molar-refractivity contribution in [2.75, 3.05) is 17.6 Å². The third-order valence-corrected chi connectivity index (χ3v) is 4.59. The minimum atomic E-state index is 0.815. The van der Waals surface area contributed by atoms with Crippen molar-refractivity contribution >= 4 is 11.5 Å². The molecule has 1 aromatic rings. The normalized spacial score (nSPS) is 22.9. The topological polar surface area (TPSA) is 55.9 Å². The van der Waals surface area contributed by atoms with Gasteiger partial charge < -0.3 is 11.1 Å². The Balaban J connectivity index is 1.84. The van der Waals surface area contributed by atoms with Gasteiger partial charge in [-0.2, -0.15) is 5.10 Å². The van der Waals surface area contributed by atoms with E-state index in [0.717, 1.165) is 48.5 Å². The van der Waals surface area contributed by atoms with Crippen LogP contribution in [0.4, 0.5) is 11.5 Å². The minimum absolute atomic E-state index is 0.815. The average Bonchev–Trinajstić information content (AvgIpc) is 2.69. The highest BCUT2D eigenvalue weighted by Crippen LogP contribution is 2.30. The van der Waals surface area contributed by atoms with Crippen molar-refractivity contribution in [1.29, 1.82) is 0 Å². The SMILES string of the molecule is CCCn1nc(C)c(N)c1NCCC1CCC(C)CC1. The van der Waals surface area contributed by atoms with Crippen LogP contribution < -0.4 is 11.1 Å². The van der Waals surface area contributed by atoms with Crippen molar-refractivity contribution < 1.29 is 0 Å². The summed E-state index contributed by atoms with van der Waals surface area (Å²) in [5.41, 5.74) is 7.88. The second-order valence-corrected chi connectivity index (χ2v) is 6.41. The molecule has 4 heteroatoms. The molecule has 0 unspecified atom stereocenters. The van der Waals surface area contributed by atoms with Crippen LogP contribution in [-0.4, -0.2) is 16.3 Å².